The first kappa shape index (κ1) is 14.6. The van der Waals surface area contributed by atoms with Crippen molar-refractivity contribution in [2.45, 2.75) is 13.0 Å². The van der Waals surface area contributed by atoms with Gasteiger partial charge in [0.1, 0.15) is 23.8 Å². The van der Waals surface area contributed by atoms with Gasteiger partial charge in [0.05, 0.1) is 23.4 Å². The number of aliphatic hydroxyl groups is 1. The fraction of sp³-hybridized carbons (Fsp3) is 0.200. The Kier molecular flexibility index (Phi) is 4.08. The summed E-state index contributed by atoms with van der Waals surface area (Å²) in [6, 6.07) is 4.96. The van der Waals surface area contributed by atoms with Gasteiger partial charge < -0.3 is 19.3 Å². The molecule has 0 spiro atoms. The molecule has 0 aromatic carbocycles. The van der Waals surface area contributed by atoms with E-state index in [4.69, 9.17) is 8.83 Å². The van der Waals surface area contributed by atoms with Gasteiger partial charge in [0.2, 0.25) is 0 Å². The molecule has 114 valence electrons. The molecular formula is C15H14N2O4S. The molecule has 1 amide bonds. The standard InChI is InChI=1S/C15H14N2O4S/c1-9-17-11(8-22-9)14-5-10(7-21-14)15(19)16-6-12(18)13-3-2-4-20-13/h2-5,7-8,12,18H,6H2,1H3,(H,16,19). The van der Waals surface area contributed by atoms with Crippen LogP contribution in [0, 0.1) is 6.92 Å². The Balaban J connectivity index is 1.62. The van der Waals surface area contributed by atoms with Gasteiger partial charge in [0.25, 0.3) is 5.91 Å². The topological polar surface area (TPSA) is 88.5 Å². The summed E-state index contributed by atoms with van der Waals surface area (Å²) in [6.45, 7) is 1.96. The lowest BCUT2D eigenvalue weighted by atomic mass is 10.2. The van der Waals surface area contributed by atoms with Crippen LogP contribution in [0.2, 0.25) is 0 Å². The van der Waals surface area contributed by atoms with Gasteiger partial charge in [0.15, 0.2) is 5.76 Å². The van der Waals surface area contributed by atoms with E-state index in [1.54, 1.807) is 18.2 Å². The normalized spacial score (nSPS) is 12.3. The maximum absolute atomic E-state index is 12.0. The fourth-order valence-electron chi connectivity index (χ4n) is 1.94. The first-order chi connectivity index (χ1) is 10.6. The van der Waals surface area contributed by atoms with Crippen molar-refractivity contribution in [1.82, 2.24) is 10.3 Å². The molecule has 0 aliphatic rings. The zero-order valence-corrected chi connectivity index (χ0v) is 12.6. The highest BCUT2D eigenvalue weighted by atomic mass is 32.1. The van der Waals surface area contributed by atoms with Crippen molar-refractivity contribution < 1.29 is 18.7 Å². The van der Waals surface area contributed by atoms with Crippen LogP contribution < -0.4 is 5.32 Å². The third kappa shape index (κ3) is 3.10. The minimum atomic E-state index is -0.883. The summed E-state index contributed by atoms with van der Waals surface area (Å²) in [5, 5.41) is 15.3. The van der Waals surface area contributed by atoms with Crippen LogP contribution in [-0.4, -0.2) is 22.5 Å². The smallest absolute Gasteiger partial charge is 0.254 e. The van der Waals surface area contributed by atoms with E-state index >= 15 is 0 Å². The van der Waals surface area contributed by atoms with Crippen LogP contribution >= 0.6 is 11.3 Å². The Morgan fingerprint density at radius 1 is 1.50 bits per heavy atom. The minimum absolute atomic E-state index is 0.0582. The van der Waals surface area contributed by atoms with Gasteiger partial charge in [0, 0.05) is 5.38 Å². The third-order valence-electron chi connectivity index (χ3n) is 3.06. The number of nitrogens with zero attached hydrogens (tertiary/aromatic N) is 1. The summed E-state index contributed by atoms with van der Waals surface area (Å²) in [6.07, 6.45) is 1.96. The van der Waals surface area contributed by atoms with E-state index in [0.29, 0.717) is 22.8 Å². The van der Waals surface area contributed by atoms with Crippen molar-refractivity contribution in [2.75, 3.05) is 6.54 Å². The highest BCUT2D eigenvalue weighted by Crippen LogP contribution is 2.23. The minimum Gasteiger partial charge on any atom is -0.467 e. The fourth-order valence-corrected chi connectivity index (χ4v) is 2.54. The van der Waals surface area contributed by atoms with Crippen LogP contribution in [0.1, 0.15) is 27.2 Å². The van der Waals surface area contributed by atoms with E-state index in [9.17, 15) is 9.90 Å². The molecule has 0 saturated heterocycles. The number of furan rings is 2. The summed E-state index contributed by atoms with van der Waals surface area (Å²) < 4.78 is 10.4. The summed E-state index contributed by atoms with van der Waals surface area (Å²) >= 11 is 1.51. The number of rotatable bonds is 5. The number of carbonyl (C=O) groups is 1. The van der Waals surface area contributed by atoms with Crippen molar-refractivity contribution in [1.29, 1.82) is 0 Å². The molecule has 3 aromatic rings. The molecule has 6 nitrogen and oxygen atoms in total. The van der Waals surface area contributed by atoms with E-state index in [1.807, 2.05) is 12.3 Å². The van der Waals surface area contributed by atoms with Crippen LogP contribution in [0.4, 0.5) is 0 Å². The maximum Gasteiger partial charge on any atom is 0.254 e. The Morgan fingerprint density at radius 2 is 2.36 bits per heavy atom. The lowest BCUT2D eigenvalue weighted by Crippen LogP contribution is -2.27. The SMILES string of the molecule is Cc1nc(-c2cc(C(=O)NCC(O)c3ccco3)co2)cs1. The van der Waals surface area contributed by atoms with Crippen molar-refractivity contribution in [2.24, 2.45) is 0 Å². The number of hydrogen-bond acceptors (Lipinski definition) is 6. The number of amides is 1. The van der Waals surface area contributed by atoms with Crippen molar-refractivity contribution in [3.05, 3.63) is 52.4 Å². The molecule has 7 heteroatoms. The molecular weight excluding hydrogens is 304 g/mol. The van der Waals surface area contributed by atoms with E-state index in [0.717, 1.165) is 5.01 Å². The molecule has 22 heavy (non-hydrogen) atoms. The molecule has 0 bridgehead atoms. The lowest BCUT2D eigenvalue weighted by Gasteiger charge is -2.08. The molecule has 0 radical (unpaired) electrons. The Labute approximate surface area is 130 Å². The molecule has 0 aliphatic heterocycles. The number of aliphatic hydroxyl groups excluding tert-OH is 1. The molecule has 1 unspecified atom stereocenters. The van der Waals surface area contributed by atoms with Crippen LogP contribution in [0.3, 0.4) is 0 Å². The molecule has 0 fully saturated rings. The van der Waals surface area contributed by atoms with Crippen LogP contribution in [0.15, 0.2) is 44.9 Å². The van der Waals surface area contributed by atoms with Gasteiger partial charge in [-0.15, -0.1) is 11.3 Å². The second kappa shape index (κ2) is 6.17. The number of carbonyl (C=O) groups excluding carboxylic acids is 1. The maximum atomic E-state index is 12.0. The van der Waals surface area contributed by atoms with Gasteiger partial charge in [-0.25, -0.2) is 4.98 Å². The van der Waals surface area contributed by atoms with Gasteiger partial charge in [-0.2, -0.15) is 0 Å². The average molecular weight is 318 g/mol. The molecule has 1 atom stereocenters. The summed E-state index contributed by atoms with van der Waals surface area (Å²) in [4.78, 5) is 16.3. The Morgan fingerprint density at radius 3 is 3.05 bits per heavy atom. The Hall–Kier alpha value is -2.38. The largest absolute Gasteiger partial charge is 0.467 e. The van der Waals surface area contributed by atoms with Gasteiger partial charge >= 0.3 is 0 Å². The Bertz CT molecular complexity index is 760. The van der Waals surface area contributed by atoms with Gasteiger partial charge in [-0.3, -0.25) is 4.79 Å². The molecule has 3 heterocycles. The number of aromatic nitrogens is 1. The lowest BCUT2D eigenvalue weighted by molar-refractivity contribution is 0.0900. The quantitative estimate of drug-likeness (QED) is 0.755. The van der Waals surface area contributed by atoms with Gasteiger partial charge in [-0.1, -0.05) is 0 Å². The zero-order valence-electron chi connectivity index (χ0n) is 11.8. The third-order valence-corrected chi connectivity index (χ3v) is 3.83. The van der Waals surface area contributed by atoms with E-state index in [2.05, 4.69) is 10.3 Å². The van der Waals surface area contributed by atoms with Crippen molar-refractivity contribution in [3.63, 3.8) is 0 Å². The van der Waals surface area contributed by atoms with Crippen molar-refractivity contribution >= 4 is 17.2 Å². The van der Waals surface area contributed by atoms with E-state index in [-0.39, 0.29) is 12.5 Å². The number of hydrogen-bond donors (Lipinski definition) is 2. The van der Waals surface area contributed by atoms with Crippen LogP contribution in [0.25, 0.3) is 11.5 Å². The predicted molar refractivity (Wildman–Crippen MR) is 80.6 cm³/mol. The number of aryl methyl sites for hydroxylation is 1. The first-order valence-electron chi connectivity index (χ1n) is 6.64. The second-order valence-electron chi connectivity index (χ2n) is 4.69. The van der Waals surface area contributed by atoms with E-state index < -0.39 is 6.10 Å². The van der Waals surface area contributed by atoms with Crippen LogP contribution in [0.5, 0.6) is 0 Å². The van der Waals surface area contributed by atoms with Crippen LogP contribution in [-0.2, 0) is 0 Å². The molecule has 0 saturated carbocycles. The monoisotopic (exact) mass is 318 g/mol. The molecule has 2 N–H and O–H groups in total. The number of nitrogens with one attached hydrogen (secondary N) is 1. The summed E-state index contributed by atoms with van der Waals surface area (Å²) in [5.41, 5.74) is 1.09. The highest BCUT2D eigenvalue weighted by molar-refractivity contribution is 7.09. The van der Waals surface area contributed by atoms with Gasteiger partial charge in [-0.05, 0) is 25.1 Å². The first-order valence-corrected chi connectivity index (χ1v) is 7.52. The number of thiazole rings is 1. The molecule has 3 rings (SSSR count). The average Bonchev–Trinajstić information content (AvgIpc) is 3.23. The molecule has 0 aliphatic carbocycles. The summed E-state index contributed by atoms with van der Waals surface area (Å²) in [5.74, 6) is 0.625. The second-order valence-corrected chi connectivity index (χ2v) is 5.75. The molecule has 3 aromatic heterocycles. The zero-order chi connectivity index (χ0) is 15.5. The van der Waals surface area contributed by atoms with Crippen molar-refractivity contribution in [3.8, 4) is 11.5 Å². The summed E-state index contributed by atoms with van der Waals surface area (Å²) in [7, 11) is 0. The predicted octanol–water partition coefficient (Wildman–Crippen LogP) is 2.77. The van der Waals surface area contributed by atoms with E-state index in [1.165, 1.54) is 23.9 Å². The highest BCUT2D eigenvalue weighted by Gasteiger charge is 2.16.